The average Bonchev–Trinajstić information content (AvgIpc) is 2.52. The van der Waals surface area contributed by atoms with E-state index in [4.69, 9.17) is 4.74 Å². The highest BCUT2D eigenvalue weighted by Crippen LogP contribution is 2.25. The summed E-state index contributed by atoms with van der Waals surface area (Å²) in [5, 5.41) is 0. The van der Waals surface area contributed by atoms with Gasteiger partial charge in [-0.2, -0.15) is 0 Å². The summed E-state index contributed by atoms with van der Waals surface area (Å²) in [5.41, 5.74) is 1.28. The number of Topliss-reactive ketones (excluding diaryl/α,β-unsaturated/α-hetero) is 1. The van der Waals surface area contributed by atoms with E-state index < -0.39 is 28.2 Å². The van der Waals surface area contributed by atoms with Crippen LogP contribution in [0.3, 0.4) is 0 Å². The molecule has 2 rings (SSSR count). The highest BCUT2D eigenvalue weighted by molar-refractivity contribution is 7.89. The van der Waals surface area contributed by atoms with Crippen LogP contribution in [0, 0.1) is 19.7 Å². The Labute approximate surface area is 140 Å². The van der Waals surface area contributed by atoms with E-state index in [9.17, 15) is 17.6 Å². The van der Waals surface area contributed by atoms with Crippen molar-refractivity contribution in [3.8, 4) is 5.75 Å². The van der Waals surface area contributed by atoms with Crippen LogP contribution in [0.5, 0.6) is 5.75 Å². The van der Waals surface area contributed by atoms with Crippen LogP contribution < -0.4 is 9.46 Å². The van der Waals surface area contributed by atoms with Crippen molar-refractivity contribution in [1.29, 1.82) is 0 Å². The van der Waals surface area contributed by atoms with Gasteiger partial charge in [-0.25, -0.2) is 17.5 Å². The predicted octanol–water partition coefficient (Wildman–Crippen LogP) is 2.61. The maximum Gasteiger partial charge on any atom is 0.241 e. The molecule has 0 amide bonds. The lowest BCUT2D eigenvalue weighted by atomic mass is 10.1. The number of carbonyl (C=O) groups is 1. The van der Waals surface area contributed by atoms with Crippen molar-refractivity contribution in [3.05, 3.63) is 58.9 Å². The zero-order chi connectivity index (χ0) is 17.9. The third kappa shape index (κ3) is 3.98. The van der Waals surface area contributed by atoms with Crippen molar-refractivity contribution < 1.29 is 22.3 Å². The molecule has 0 saturated carbocycles. The van der Waals surface area contributed by atoms with Crippen LogP contribution in [-0.2, 0) is 10.0 Å². The first kappa shape index (κ1) is 18.1. The average molecular weight is 351 g/mol. The van der Waals surface area contributed by atoms with Gasteiger partial charge in [0.2, 0.25) is 10.0 Å². The van der Waals surface area contributed by atoms with Crippen molar-refractivity contribution >= 4 is 15.8 Å². The number of hydrogen-bond acceptors (Lipinski definition) is 4. The molecule has 0 heterocycles. The second-order valence-electron chi connectivity index (χ2n) is 5.34. The number of benzene rings is 2. The Bertz CT molecular complexity index is 838. The molecule has 0 saturated heterocycles. The summed E-state index contributed by atoms with van der Waals surface area (Å²) in [5.74, 6) is -0.342. The van der Waals surface area contributed by atoms with E-state index in [-0.39, 0.29) is 10.5 Å². The van der Waals surface area contributed by atoms with Crippen LogP contribution in [0.25, 0.3) is 0 Å². The molecular formula is C17H18FNO4S. The van der Waals surface area contributed by atoms with Gasteiger partial charge in [0.25, 0.3) is 0 Å². The van der Waals surface area contributed by atoms with Crippen LogP contribution in [-0.4, -0.2) is 27.9 Å². The van der Waals surface area contributed by atoms with Crippen LogP contribution in [0.1, 0.15) is 21.5 Å². The molecule has 0 atom stereocenters. The van der Waals surface area contributed by atoms with Gasteiger partial charge in [0, 0.05) is 5.56 Å². The minimum atomic E-state index is -3.86. The van der Waals surface area contributed by atoms with Gasteiger partial charge in [-0.05, 0) is 61.4 Å². The van der Waals surface area contributed by atoms with Crippen LogP contribution in [0.4, 0.5) is 4.39 Å². The van der Waals surface area contributed by atoms with Gasteiger partial charge in [-0.15, -0.1) is 0 Å². The number of hydrogen-bond donors (Lipinski definition) is 1. The second-order valence-corrected chi connectivity index (χ2v) is 7.05. The summed E-state index contributed by atoms with van der Waals surface area (Å²) in [4.78, 5) is 12.2. The third-order valence-electron chi connectivity index (χ3n) is 3.53. The molecule has 0 radical (unpaired) electrons. The predicted molar refractivity (Wildman–Crippen MR) is 88.4 cm³/mol. The molecule has 128 valence electrons. The SMILES string of the molecule is COc1cc(C)c(S(=O)(=O)NCC(=O)c2ccc(F)cc2)c(C)c1. The summed E-state index contributed by atoms with van der Waals surface area (Å²) in [7, 11) is -2.36. The van der Waals surface area contributed by atoms with Crippen LogP contribution in [0.15, 0.2) is 41.3 Å². The van der Waals surface area contributed by atoms with Gasteiger partial charge < -0.3 is 4.74 Å². The lowest BCUT2D eigenvalue weighted by Gasteiger charge is -2.13. The molecule has 0 spiro atoms. The third-order valence-corrected chi connectivity index (χ3v) is 5.23. The monoisotopic (exact) mass is 351 g/mol. The molecule has 2 aromatic rings. The molecule has 0 aliphatic heterocycles. The fraction of sp³-hybridized carbons (Fsp3) is 0.235. The van der Waals surface area contributed by atoms with Crippen molar-refractivity contribution in [1.82, 2.24) is 4.72 Å². The van der Waals surface area contributed by atoms with Gasteiger partial charge in [0.15, 0.2) is 5.78 Å². The topological polar surface area (TPSA) is 72.5 Å². The molecule has 0 bridgehead atoms. The van der Waals surface area contributed by atoms with Gasteiger partial charge in [0.05, 0.1) is 18.6 Å². The molecule has 0 unspecified atom stereocenters. The molecule has 2 aromatic carbocycles. The molecule has 0 aromatic heterocycles. The highest BCUT2D eigenvalue weighted by Gasteiger charge is 2.21. The van der Waals surface area contributed by atoms with Gasteiger partial charge in [-0.1, -0.05) is 0 Å². The molecule has 24 heavy (non-hydrogen) atoms. The number of rotatable bonds is 6. The number of ether oxygens (including phenoxy) is 1. The lowest BCUT2D eigenvalue weighted by molar-refractivity contribution is 0.0997. The Morgan fingerprint density at radius 1 is 1.12 bits per heavy atom. The molecule has 0 aliphatic rings. The van der Waals surface area contributed by atoms with E-state index in [1.54, 1.807) is 26.0 Å². The number of aryl methyl sites for hydroxylation is 2. The lowest BCUT2D eigenvalue weighted by Crippen LogP contribution is -2.30. The van der Waals surface area contributed by atoms with E-state index in [0.717, 1.165) is 12.1 Å². The Morgan fingerprint density at radius 2 is 1.67 bits per heavy atom. The van der Waals surface area contributed by atoms with E-state index in [1.807, 2.05) is 0 Å². The number of sulfonamides is 1. The normalized spacial score (nSPS) is 11.3. The number of carbonyl (C=O) groups excluding carboxylic acids is 1. The van der Waals surface area contributed by atoms with Crippen LogP contribution in [0.2, 0.25) is 0 Å². The standard InChI is InChI=1S/C17H18FNO4S/c1-11-8-15(23-3)9-12(2)17(11)24(21,22)19-10-16(20)13-4-6-14(18)7-5-13/h4-9,19H,10H2,1-3H3. The zero-order valence-corrected chi connectivity index (χ0v) is 14.4. The Hall–Kier alpha value is -2.25. The molecule has 5 nitrogen and oxygen atoms in total. The van der Waals surface area contributed by atoms with Gasteiger partial charge in [0.1, 0.15) is 11.6 Å². The fourth-order valence-electron chi connectivity index (χ4n) is 2.42. The largest absolute Gasteiger partial charge is 0.497 e. The fourth-order valence-corrected chi connectivity index (χ4v) is 3.85. The maximum atomic E-state index is 12.9. The van der Waals surface area contributed by atoms with E-state index >= 15 is 0 Å². The quantitative estimate of drug-likeness (QED) is 0.812. The number of nitrogens with one attached hydrogen (secondary N) is 1. The van der Waals surface area contributed by atoms with Gasteiger partial charge >= 0.3 is 0 Å². The van der Waals surface area contributed by atoms with Crippen molar-refractivity contribution in [3.63, 3.8) is 0 Å². The number of methoxy groups -OCH3 is 1. The van der Waals surface area contributed by atoms with E-state index in [2.05, 4.69) is 4.72 Å². The Morgan fingerprint density at radius 3 is 2.17 bits per heavy atom. The number of ketones is 1. The zero-order valence-electron chi connectivity index (χ0n) is 13.6. The second kappa shape index (κ2) is 7.11. The summed E-state index contributed by atoms with van der Waals surface area (Å²) in [6, 6.07) is 8.16. The van der Waals surface area contributed by atoms with Crippen molar-refractivity contribution in [2.75, 3.05) is 13.7 Å². The number of halogens is 1. The van der Waals surface area contributed by atoms with Crippen molar-refractivity contribution in [2.24, 2.45) is 0 Å². The van der Waals surface area contributed by atoms with Crippen molar-refractivity contribution in [2.45, 2.75) is 18.7 Å². The first-order valence-electron chi connectivity index (χ1n) is 7.18. The smallest absolute Gasteiger partial charge is 0.241 e. The summed E-state index contributed by atoms with van der Waals surface area (Å²) < 4.78 is 45.3. The summed E-state index contributed by atoms with van der Waals surface area (Å²) in [6.07, 6.45) is 0. The Kier molecular flexibility index (Phi) is 5.36. The van der Waals surface area contributed by atoms with E-state index in [0.29, 0.717) is 16.9 Å². The van der Waals surface area contributed by atoms with Gasteiger partial charge in [-0.3, -0.25) is 4.79 Å². The Balaban J connectivity index is 2.20. The summed E-state index contributed by atoms with van der Waals surface area (Å²) >= 11 is 0. The first-order chi connectivity index (χ1) is 11.2. The van der Waals surface area contributed by atoms with E-state index in [1.165, 1.54) is 19.2 Å². The summed E-state index contributed by atoms with van der Waals surface area (Å²) in [6.45, 7) is 2.91. The molecule has 0 fully saturated rings. The highest BCUT2D eigenvalue weighted by atomic mass is 32.2. The molecular weight excluding hydrogens is 333 g/mol. The maximum absolute atomic E-state index is 12.9. The van der Waals surface area contributed by atoms with Crippen LogP contribution >= 0.6 is 0 Å². The minimum Gasteiger partial charge on any atom is -0.497 e. The first-order valence-corrected chi connectivity index (χ1v) is 8.66. The molecule has 1 N–H and O–H groups in total. The molecule has 0 aliphatic carbocycles. The minimum absolute atomic E-state index is 0.121. The molecule has 7 heteroatoms.